The van der Waals surface area contributed by atoms with Gasteiger partial charge in [0.15, 0.2) is 0 Å². The second kappa shape index (κ2) is 7.52. The molecule has 6 nitrogen and oxygen atoms in total. The Kier molecular flexibility index (Phi) is 6.02. The third kappa shape index (κ3) is 4.37. The van der Waals surface area contributed by atoms with Crippen molar-refractivity contribution in [2.75, 3.05) is 44.4 Å². The van der Waals surface area contributed by atoms with Crippen molar-refractivity contribution in [2.45, 2.75) is 13.8 Å². The van der Waals surface area contributed by atoms with Crippen LogP contribution in [-0.4, -0.2) is 50.6 Å². The fourth-order valence-electron chi connectivity index (χ4n) is 1.97. The van der Waals surface area contributed by atoms with Gasteiger partial charge in [-0.3, -0.25) is 9.59 Å². The lowest BCUT2D eigenvalue weighted by molar-refractivity contribution is -0.143. The van der Waals surface area contributed by atoms with Gasteiger partial charge in [-0.05, 0) is 32.0 Å². The van der Waals surface area contributed by atoms with E-state index in [4.69, 9.17) is 10.5 Å². The lowest BCUT2D eigenvalue weighted by Crippen LogP contribution is -2.37. The van der Waals surface area contributed by atoms with Crippen molar-refractivity contribution in [3.8, 4) is 0 Å². The number of likely N-dealkylation sites (N-methyl/N-ethyl adjacent to an activating group) is 1. The normalized spacial score (nSPS) is 10.1. The zero-order chi connectivity index (χ0) is 16.0. The molecule has 0 radical (unpaired) electrons. The Bertz CT molecular complexity index is 515. The Balaban J connectivity index is 3.04. The molecule has 0 saturated heterocycles. The lowest BCUT2D eigenvalue weighted by Gasteiger charge is -2.23. The average molecular weight is 293 g/mol. The molecule has 1 rings (SSSR count). The first-order valence-electron chi connectivity index (χ1n) is 6.92. The Morgan fingerprint density at radius 1 is 1.24 bits per heavy atom. The van der Waals surface area contributed by atoms with E-state index in [2.05, 4.69) is 0 Å². The highest BCUT2D eigenvalue weighted by Crippen LogP contribution is 2.23. The van der Waals surface area contributed by atoms with Crippen LogP contribution in [0, 0.1) is 0 Å². The predicted octanol–water partition coefficient (Wildman–Crippen LogP) is 1.36. The number of ether oxygens (including phenoxy) is 1. The lowest BCUT2D eigenvalue weighted by atomic mass is 10.1. The molecule has 0 aliphatic heterocycles. The van der Waals surface area contributed by atoms with Gasteiger partial charge in [-0.15, -0.1) is 0 Å². The molecule has 1 amide bonds. The number of amides is 1. The van der Waals surface area contributed by atoms with E-state index in [1.54, 1.807) is 25.1 Å². The van der Waals surface area contributed by atoms with E-state index in [0.29, 0.717) is 24.4 Å². The highest BCUT2D eigenvalue weighted by molar-refractivity contribution is 6.01. The molecular formula is C15H23N3O3. The fourth-order valence-corrected chi connectivity index (χ4v) is 1.97. The van der Waals surface area contributed by atoms with Crippen molar-refractivity contribution >= 4 is 23.3 Å². The molecule has 1 aromatic rings. The van der Waals surface area contributed by atoms with Gasteiger partial charge in [0.2, 0.25) is 0 Å². The van der Waals surface area contributed by atoms with E-state index in [-0.39, 0.29) is 12.5 Å². The Hall–Kier alpha value is -2.24. The van der Waals surface area contributed by atoms with E-state index < -0.39 is 5.97 Å². The van der Waals surface area contributed by atoms with Gasteiger partial charge in [-0.25, -0.2) is 0 Å². The van der Waals surface area contributed by atoms with E-state index in [1.165, 1.54) is 4.90 Å². The zero-order valence-corrected chi connectivity index (χ0v) is 13.0. The van der Waals surface area contributed by atoms with Crippen LogP contribution in [0.1, 0.15) is 24.2 Å². The zero-order valence-electron chi connectivity index (χ0n) is 13.0. The van der Waals surface area contributed by atoms with Crippen LogP contribution < -0.4 is 10.6 Å². The number of hydrogen-bond donors (Lipinski definition) is 1. The summed E-state index contributed by atoms with van der Waals surface area (Å²) < 4.78 is 4.89. The molecule has 0 saturated carbocycles. The van der Waals surface area contributed by atoms with E-state index in [0.717, 1.165) is 5.69 Å². The molecule has 0 aliphatic carbocycles. The maximum atomic E-state index is 12.6. The molecular weight excluding hydrogens is 270 g/mol. The molecule has 6 heteroatoms. The molecule has 0 bridgehead atoms. The summed E-state index contributed by atoms with van der Waals surface area (Å²) >= 11 is 0. The first kappa shape index (κ1) is 16.8. The van der Waals surface area contributed by atoms with Crippen LogP contribution >= 0.6 is 0 Å². The van der Waals surface area contributed by atoms with Gasteiger partial charge >= 0.3 is 5.97 Å². The largest absolute Gasteiger partial charge is 0.465 e. The van der Waals surface area contributed by atoms with Crippen LogP contribution in [0.2, 0.25) is 0 Å². The number of nitrogens with zero attached hydrogens (tertiary/aromatic N) is 2. The minimum atomic E-state index is -0.414. The number of esters is 1. The first-order valence-corrected chi connectivity index (χ1v) is 6.92. The van der Waals surface area contributed by atoms with Gasteiger partial charge in [-0.1, -0.05) is 0 Å². The highest BCUT2D eigenvalue weighted by atomic mass is 16.5. The second-order valence-electron chi connectivity index (χ2n) is 4.80. The van der Waals surface area contributed by atoms with Crippen molar-refractivity contribution in [3.05, 3.63) is 23.8 Å². The van der Waals surface area contributed by atoms with Gasteiger partial charge in [0.25, 0.3) is 5.91 Å². The van der Waals surface area contributed by atoms with Crippen molar-refractivity contribution in [2.24, 2.45) is 0 Å². The van der Waals surface area contributed by atoms with Crippen molar-refractivity contribution in [1.82, 2.24) is 4.90 Å². The third-order valence-corrected chi connectivity index (χ3v) is 3.03. The Morgan fingerprint density at radius 2 is 1.90 bits per heavy atom. The van der Waals surface area contributed by atoms with Crippen LogP contribution in [0.25, 0.3) is 0 Å². The fraction of sp³-hybridized carbons (Fsp3) is 0.467. The van der Waals surface area contributed by atoms with Crippen LogP contribution in [0.4, 0.5) is 11.4 Å². The molecule has 116 valence electrons. The summed E-state index contributed by atoms with van der Waals surface area (Å²) in [6, 6.07) is 5.17. The molecule has 1 aromatic carbocycles. The average Bonchev–Trinajstić information content (AvgIpc) is 2.43. The molecule has 21 heavy (non-hydrogen) atoms. The minimum absolute atomic E-state index is 0.0646. The van der Waals surface area contributed by atoms with E-state index in [9.17, 15) is 9.59 Å². The van der Waals surface area contributed by atoms with E-state index >= 15 is 0 Å². The molecule has 2 N–H and O–H groups in total. The minimum Gasteiger partial charge on any atom is -0.465 e. The third-order valence-electron chi connectivity index (χ3n) is 3.03. The molecule has 0 heterocycles. The predicted molar refractivity (Wildman–Crippen MR) is 83.4 cm³/mol. The summed E-state index contributed by atoms with van der Waals surface area (Å²) in [6.45, 7) is 4.20. The maximum Gasteiger partial charge on any atom is 0.325 e. The molecule has 0 atom stereocenters. The van der Waals surface area contributed by atoms with Crippen molar-refractivity contribution < 1.29 is 14.3 Å². The summed E-state index contributed by atoms with van der Waals surface area (Å²) in [6.07, 6.45) is 0. The van der Waals surface area contributed by atoms with Gasteiger partial charge in [0, 0.05) is 32.0 Å². The SMILES string of the molecule is CCOC(=O)CN(CC)C(=O)c1cc(N)ccc1N(C)C. The Labute approximate surface area is 125 Å². The first-order chi connectivity index (χ1) is 9.90. The molecule has 0 spiro atoms. The summed E-state index contributed by atoms with van der Waals surface area (Å²) in [5.74, 6) is -0.649. The molecule has 0 aliphatic rings. The Morgan fingerprint density at radius 3 is 2.43 bits per heavy atom. The highest BCUT2D eigenvalue weighted by Gasteiger charge is 2.21. The van der Waals surface area contributed by atoms with Gasteiger partial charge in [0.1, 0.15) is 6.54 Å². The van der Waals surface area contributed by atoms with Crippen LogP contribution in [-0.2, 0) is 9.53 Å². The number of carbonyl (C=O) groups excluding carboxylic acids is 2. The summed E-state index contributed by atoms with van der Waals surface area (Å²) in [5.41, 5.74) is 7.52. The topological polar surface area (TPSA) is 75.9 Å². The number of rotatable bonds is 6. The van der Waals surface area contributed by atoms with Crippen molar-refractivity contribution in [1.29, 1.82) is 0 Å². The van der Waals surface area contributed by atoms with Crippen LogP contribution in [0.15, 0.2) is 18.2 Å². The second-order valence-corrected chi connectivity index (χ2v) is 4.80. The summed E-state index contributed by atoms with van der Waals surface area (Å²) in [4.78, 5) is 27.5. The van der Waals surface area contributed by atoms with Crippen LogP contribution in [0.3, 0.4) is 0 Å². The van der Waals surface area contributed by atoms with Crippen LogP contribution in [0.5, 0.6) is 0 Å². The number of benzene rings is 1. The molecule has 0 fully saturated rings. The maximum absolute atomic E-state index is 12.6. The summed E-state index contributed by atoms with van der Waals surface area (Å²) in [7, 11) is 3.70. The standard InChI is InChI=1S/C15H23N3O3/c1-5-18(10-14(19)21-6-2)15(20)12-9-11(16)7-8-13(12)17(3)4/h7-9H,5-6,10,16H2,1-4H3. The van der Waals surface area contributed by atoms with Gasteiger partial charge in [0.05, 0.1) is 12.2 Å². The number of carbonyl (C=O) groups is 2. The number of nitrogens with two attached hydrogens (primary N) is 1. The van der Waals surface area contributed by atoms with Gasteiger partial charge in [-0.2, -0.15) is 0 Å². The number of hydrogen-bond acceptors (Lipinski definition) is 5. The number of anilines is 2. The van der Waals surface area contributed by atoms with E-state index in [1.807, 2.05) is 25.9 Å². The van der Waals surface area contributed by atoms with Crippen molar-refractivity contribution in [3.63, 3.8) is 0 Å². The molecule has 0 unspecified atom stereocenters. The summed E-state index contributed by atoms with van der Waals surface area (Å²) in [5, 5.41) is 0. The molecule has 0 aromatic heterocycles. The monoisotopic (exact) mass is 293 g/mol. The van der Waals surface area contributed by atoms with Gasteiger partial charge < -0.3 is 20.3 Å². The number of nitrogen functional groups attached to an aromatic ring is 1. The smallest absolute Gasteiger partial charge is 0.325 e. The quantitative estimate of drug-likeness (QED) is 0.633.